The summed E-state index contributed by atoms with van der Waals surface area (Å²) in [6, 6.07) is 14.0. The van der Waals surface area contributed by atoms with E-state index in [9.17, 15) is 14.0 Å². The Bertz CT molecular complexity index is 896. The van der Waals surface area contributed by atoms with Crippen molar-refractivity contribution in [2.45, 2.75) is 31.3 Å². The van der Waals surface area contributed by atoms with Gasteiger partial charge < -0.3 is 20.6 Å². The summed E-state index contributed by atoms with van der Waals surface area (Å²) in [5.41, 5.74) is 3.15. The molecule has 3 amide bonds. The van der Waals surface area contributed by atoms with Gasteiger partial charge >= 0.3 is 12.1 Å². The van der Waals surface area contributed by atoms with Crippen molar-refractivity contribution in [1.29, 1.82) is 0 Å². The fraction of sp³-hybridized carbons (Fsp3) is 0.364. The van der Waals surface area contributed by atoms with Crippen molar-refractivity contribution in [3.05, 3.63) is 71.0 Å². The second-order valence-electron chi connectivity index (χ2n) is 7.77. The summed E-state index contributed by atoms with van der Waals surface area (Å²) >= 11 is 0. The molecule has 0 radical (unpaired) electrons. The van der Waals surface area contributed by atoms with Crippen molar-refractivity contribution >= 4 is 12.1 Å². The zero-order valence-electron chi connectivity index (χ0n) is 16.0. The van der Waals surface area contributed by atoms with Crippen LogP contribution in [-0.2, 0) is 6.42 Å². The number of carboxylic acid groups (broad SMARTS) is 1. The highest BCUT2D eigenvalue weighted by molar-refractivity contribution is 5.76. The molecule has 1 aliphatic carbocycles. The zero-order valence-corrected chi connectivity index (χ0v) is 16.0. The number of urea groups is 1. The maximum absolute atomic E-state index is 13.4. The van der Waals surface area contributed by atoms with E-state index in [0.29, 0.717) is 13.1 Å². The fourth-order valence-electron chi connectivity index (χ4n) is 4.30. The van der Waals surface area contributed by atoms with Crippen molar-refractivity contribution in [2.75, 3.05) is 13.1 Å². The zero-order chi connectivity index (χ0) is 20.4. The topological polar surface area (TPSA) is 81.7 Å². The third-order valence-electron chi connectivity index (χ3n) is 5.84. The van der Waals surface area contributed by atoms with E-state index in [1.54, 1.807) is 12.1 Å². The van der Waals surface area contributed by atoms with E-state index in [1.807, 2.05) is 23.1 Å². The van der Waals surface area contributed by atoms with Crippen molar-refractivity contribution in [3.8, 4) is 0 Å². The first-order valence-electron chi connectivity index (χ1n) is 9.88. The largest absolute Gasteiger partial charge is 0.465 e. The molecule has 1 fully saturated rings. The molecule has 1 aliphatic heterocycles. The van der Waals surface area contributed by atoms with Crippen LogP contribution < -0.4 is 10.6 Å². The first-order valence-corrected chi connectivity index (χ1v) is 9.88. The first-order chi connectivity index (χ1) is 14.0. The minimum absolute atomic E-state index is 0.0501. The van der Waals surface area contributed by atoms with Gasteiger partial charge in [-0.05, 0) is 54.0 Å². The predicted molar refractivity (Wildman–Crippen MR) is 106 cm³/mol. The Morgan fingerprint density at radius 1 is 1.10 bits per heavy atom. The second-order valence-corrected chi connectivity index (χ2v) is 7.77. The minimum atomic E-state index is -1.02. The van der Waals surface area contributed by atoms with E-state index in [0.717, 1.165) is 30.4 Å². The number of hydrogen-bond donors (Lipinski definition) is 3. The first kappa shape index (κ1) is 19.2. The maximum Gasteiger partial charge on any atom is 0.404 e. The van der Waals surface area contributed by atoms with Crippen LogP contribution >= 0.6 is 0 Å². The molecule has 1 atom stereocenters. The Morgan fingerprint density at radius 3 is 2.55 bits per heavy atom. The number of amides is 3. The van der Waals surface area contributed by atoms with Gasteiger partial charge in [-0.1, -0.05) is 36.4 Å². The molecule has 0 aromatic heterocycles. The van der Waals surface area contributed by atoms with Crippen LogP contribution in [0.25, 0.3) is 0 Å². The van der Waals surface area contributed by atoms with Crippen LogP contribution in [0.5, 0.6) is 0 Å². The monoisotopic (exact) mass is 397 g/mol. The van der Waals surface area contributed by atoms with Gasteiger partial charge in [0.1, 0.15) is 5.82 Å². The number of hydrogen-bond acceptors (Lipinski definition) is 2. The lowest BCUT2D eigenvalue weighted by Crippen LogP contribution is -2.53. The average molecular weight is 397 g/mol. The SMILES string of the molecule is O=C(O)NC[C@H]1C[C@@H](NC(=O)N2CCc3ccccc3[C@@H]2c2ccc(F)cc2)C1. The molecule has 0 unspecified atom stereocenters. The van der Waals surface area contributed by atoms with E-state index in [1.165, 1.54) is 17.7 Å². The van der Waals surface area contributed by atoms with Crippen LogP contribution in [0.2, 0.25) is 0 Å². The van der Waals surface area contributed by atoms with Gasteiger partial charge in [-0.15, -0.1) is 0 Å². The van der Waals surface area contributed by atoms with Crippen LogP contribution in [0.1, 0.15) is 35.6 Å². The molecule has 2 aromatic carbocycles. The lowest BCUT2D eigenvalue weighted by molar-refractivity contribution is 0.153. The van der Waals surface area contributed by atoms with Crippen LogP contribution in [0.15, 0.2) is 48.5 Å². The van der Waals surface area contributed by atoms with Crippen molar-refractivity contribution in [2.24, 2.45) is 5.92 Å². The highest BCUT2D eigenvalue weighted by atomic mass is 19.1. The van der Waals surface area contributed by atoms with Crippen molar-refractivity contribution in [3.63, 3.8) is 0 Å². The predicted octanol–water partition coefficient (Wildman–Crippen LogP) is 3.53. The van der Waals surface area contributed by atoms with E-state index >= 15 is 0 Å². The number of rotatable bonds is 4. The van der Waals surface area contributed by atoms with Crippen molar-refractivity contribution in [1.82, 2.24) is 15.5 Å². The third kappa shape index (κ3) is 4.18. The molecule has 1 saturated carbocycles. The molecule has 1 heterocycles. The van der Waals surface area contributed by atoms with Gasteiger partial charge in [0.25, 0.3) is 0 Å². The molecule has 6 nitrogen and oxygen atoms in total. The van der Waals surface area contributed by atoms with Gasteiger partial charge in [-0.2, -0.15) is 0 Å². The highest BCUT2D eigenvalue weighted by Crippen LogP contribution is 2.36. The molecule has 7 heteroatoms. The summed E-state index contributed by atoms with van der Waals surface area (Å²) in [4.78, 5) is 25.5. The van der Waals surface area contributed by atoms with Crippen LogP contribution in [0.4, 0.5) is 14.0 Å². The molecular formula is C22H24FN3O3. The van der Waals surface area contributed by atoms with E-state index in [-0.39, 0.29) is 29.8 Å². The van der Waals surface area contributed by atoms with Crippen molar-refractivity contribution < 1.29 is 19.1 Å². The molecule has 2 aromatic rings. The van der Waals surface area contributed by atoms with Crippen LogP contribution in [-0.4, -0.2) is 41.3 Å². The normalized spacial score (nSPS) is 22.9. The van der Waals surface area contributed by atoms with Gasteiger partial charge in [0.05, 0.1) is 6.04 Å². The van der Waals surface area contributed by atoms with Gasteiger partial charge in [-0.25, -0.2) is 14.0 Å². The summed E-state index contributed by atoms with van der Waals surface area (Å²) in [6.45, 7) is 0.999. The second kappa shape index (κ2) is 8.11. The Labute approximate surface area is 168 Å². The number of nitrogens with one attached hydrogen (secondary N) is 2. The number of nitrogens with zero attached hydrogens (tertiary/aromatic N) is 1. The molecule has 29 heavy (non-hydrogen) atoms. The lowest BCUT2D eigenvalue weighted by Gasteiger charge is -2.41. The Kier molecular flexibility index (Phi) is 5.38. The number of fused-ring (bicyclic) bond motifs is 1. The van der Waals surface area contributed by atoms with Crippen LogP contribution in [0, 0.1) is 11.7 Å². The molecule has 3 N–H and O–H groups in total. The summed E-state index contributed by atoms with van der Waals surface area (Å²) in [7, 11) is 0. The van der Waals surface area contributed by atoms with Gasteiger partial charge in [0, 0.05) is 19.1 Å². The number of halogens is 1. The highest BCUT2D eigenvalue weighted by Gasteiger charge is 2.35. The molecule has 0 spiro atoms. The summed E-state index contributed by atoms with van der Waals surface area (Å²) in [5, 5.41) is 14.2. The minimum Gasteiger partial charge on any atom is -0.465 e. The van der Waals surface area contributed by atoms with Gasteiger partial charge in [0.15, 0.2) is 0 Å². The quantitative estimate of drug-likeness (QED) is 0.738. The third-order valence-corrected chi connectivity index (χ3v) is 5.84. The van der Waals surface area contributed by atoms with Gasteiger partial charge in [-0.3, -0.25) is 0 Å². The average Bonchev–Trinajstić information content (AvgIpc) is 2.69. The molecule has 2 aliphatic rings. The molecule has 4 rings (SSSR count). The van der Waals surface area contributed by atoms with E-state index < -0.39 is 6.09 Å². The molecule has 0 saturated heterocycles. The van der Waals surface area contributed by atoms with E-state index in [2.05, 4.69) is 16.7 Å². The number of carbonyl (C=O) groups excluding carboxylic acids is 1. The Morgan fingerprint density at radius 2 is 1.83 bits per heavy atom. The standard InChI is InChI=1S/C22H24FN3O3/c23-17-7-5-16(6-8-17)20-19-4-2-1-3-15(19)9-10-26(20)21(27)25-18-11-14(12-18)13-24-22(28)29/h1-8,14,18,20,24H,9-13H2,(H,25,27)(H,28,29)/t14-,18+,20-/m0/s1. The molecule has 152 valence electrons. The maximum atomic E-state index is 13.4. The summed E-state index contributed by atoms with van der Waals surface area (Å²) in [6.07, 6.45) is 1.28. The fourth-order valence-corrected chi connectivity index (χ4v) is 4.30. The lowest BCUT2D eigenvalue weighted by atomic mass is 9.80. The Balaban J connectivity index is 1.48. The smallest absolute Gasteiger partial charge is 0.404 e. The molecule has 0 bridgehead atoms. The number of carbonyl (C=O) groups is 2. The Hall–Kier alpha value is -3.09. The number of benzene rings is 2. The summed E-state index contributed by atoms with van der Waals surface area (Å²) in [5.74, 6) is -0.0456. The summed E-state index contributed by atoms with van der Waals surface area (Å²) < 4.78 is 13.4. The van der Waals surface area contributed by atoms with Gasteiger partial charge in [0.2, 0.25) is 0 Å². The van der Waals surface area contributed by atoms with E-state index in [4.69, 9.17) is 5.11 Å². The van der Waals surface area contributed by atoms with Crippen LogP contribution in [0.3, 0.4) is 0 Å². The molecular weight excluding hydrogens is 373 g/mol.